The zero-order valence-corrected chi connectivity index (χ0v) is 34.7. The maximum absolute atomic E-state index is 6.47. The van der Waals surface area contributed by atoms with Crippen LogP contribution in [0.2, 0.25) is 5.02 Å². The van der Waals surface area contributed by atoms with E-state index in [0.29, 0.717) is 0 Å². The second kappa shape index (κ2) is 13.5. The minimum absolute atomic E-state index is 0.0620. The minimum atomic E-state index is 0.0620. The van der Waals surface area contributed by atoms with Crippen LogP contribution in [0.3, 0.4) is 0 Å². The van der Waals surface area contributed by atoms with Crippen LogP contribution in [-0.4, -0.2) is 0 Å². The van der Waals surface area contributed by atoms with E-state index in [0.717, 1.165) is 50.0 Å². The largest absolute Gasteiger partial charge is 0.309 e. The summed E-state index contributed by atoms with van der Waals surface area (Å²) >= 11 is 10.7. The molecule has 5 aromatic rings. The summed E-state index contributed by atoms with van der Waals surface area (Å²) in [5, 5.41) is 0.722. The van der Waals surface area contributed by atoms with Gasteiger partial charge in [0.15, 0.2) is 0 Å². The fraction of sp³-hybridized carbons (Fsp3) is 0.362. The highest BCUT2D eigenvalue weighted by molar-refractivity contribution is 9.10. The van der Waals surface area contributed by atoms with Crippen molar-refractivity contribution < 1.29 is 0 Å². The van der Waals surface area contributed by atoms with E-state index in [9.17, 15) is 0 Å². The van der Waals surface area contributed by atoms with E-state index in [4.69, 9.17) is 11.6 Å². The topological polar surface area (TPSA) is 6.48 Å². The molecule has 0 heterocycles. The molecular formula is C47H54BrClN2. The van der Waals surface area contributed by atoms with Gasteiger partial charge in [-0.25, -0.2) is 0 Å². The third kappa shape index (κ3) is 7.53. The van der Waals surface area contributed by atoms with Gasteiger partial charge in [-0.05, 0) is 158 Å². The first-order valence-corrected chi connectivity index (χ1v) is 19.5. The smallest absolute Gasteiger partial charge is 0.0657 e. The second-order valence-corrected chi connectivity index (χ2v) is 19.1. The lowest BCUT2D eigenvalue weighted by Crippen LogP contribution is -2.34. The molecule has 0 saturated carbocycles. The molecule has 0 amide bonds. The van der Waals surface area contributed by atoms with Crippen molar-refractivity contribution in [1.29, 1.82) is 0 Å². The van der Waals surface area contributed by atoms with E-state index < -0.39 is 0 Å². The van der Waals surface area contributed by atoms with Crippen LogP contribution >= 0.6 is 27.5 Å². The zero-order valence-electron chi connectivity index (χ0n) is 32.4. The highest BCUT2D eigenvalue weighted by Crippen LogP contribution is 2.51. The Balaban J connectivity index is 1.59. The fourth-order valence-electron chi connectivity index (χ4n) is 7.44. The molecule has 0 radical (unpaired) electrons. The molecule has 0 bridgehead atoms. The molecule has 1 aliphatic carbocycles. The molecule has 0 fully saturated rings. The summed E-state index contributed by atoms with van der Waals surface area (Å²) in [7, 11) is 0. The van der Waals surface area contributed by atoms with Gasteiger partial charge in [-0.3, -0.25) is 0 Å². The molecular weight excluding hydrogens is 708 g/mol. The Morgan fingerprint density at radius 2 is 0.902 bits per heavy atom. The summed E-state index contributed by atoms with van der Waals surface area (Å²) in [6.45, 7) is 25.4. The Morgan fingerprint density at radius 1 is 0.529 bits per heavy atom. The van der Waals surface area contributed by atoms with Gasteiger partial charge in [-0.2, -0.15) is 0 Å². The third-order valence-corrected chi connectivity index (χ3v) is 11.9. The summed E-state index contributed by atoms with van der Waals surface area (Å²) in [6, 6.07) is 38.0. The van der Waals surface area contributed by atoms with Crippen molar-refractivity contribution in [2.45, 2.75) is 111 Å². The van der Waals surface area contributed by atoms with Crippen LogP contribution in [-0.2, 0) is 21.7 Å². The van der Waals surface area contributed by atoms with Gasteiger partial charge in [0.1, 0.15) is 0 Å². The highest BCUT2D eigenvalue weighted by Gasteiger charge is 2.37. The van der Waals surface area contributed by atoms with Crippen molar-refractivity contribution in [3.8, 4) is 0 Å². The van der Waals surface area contributed by atoms with Gasteiger partial charge < -0.3 is 9.80 Å². The van der Waals surface area contributed by atoms with Crippen LogP contribution in [0.15, 0.2) is 108 Å². The predicted molar refractivity (Wildman–Crippen MR) is 226 cm³/mol. The maximum atomic E-state index is 6.47. The molecule has 0 aliphatic heterocycles. The van der Waals surface area contributed by atoms with E-state index in [1.165, 1.54) is 34.2 Å². The van der Waals surface area contributed by atoms with Crippen molar-refractivity contribution in [3.63, 3.8) is 0 Å². The first-order chi connectivity index (χ1) is 23.8. The number of aryl methyl sites for hydroxylation is 1. The Kier molecular flexibility index (Phi) is 9.83. The Labute approximate surface area is 321 Å². The van der Waals surface area contributed by atoms with Crippen LogP contribution in [0.25, 0.3) is 0 Å². The molecule has 4 heteroatoms. The average molecular weight is 762 g/mol. The highest BCUT2D eigenvalue weighted by atomic mass is 79.9. The molecule has 266 valence electrons. The van der Waals surface area contributed by atoms with Crippen molar-refractivity contribution >= 4 is 61.7 Å². The molecule has 2 nitrogen and oxygen atoms in total. The third-order valence-electron chi connectivity index (χ3n) is 10.8. The molecule has 51 heavy (non-hydrogen) atoms. The molecule has 0 unspecified atom stereocenters. The number of halogens is 2. The zero-order chi connectivity index (χ0) is 37.1. The summed E-state index contributed by atoms with van der Waals surface area (Å²) in [5.41, 5.74) is 13.6. The van der Waals surface area contributed by atoms with Crippen LogP contribution in [0.1, 0.15) is 110 Å². The van der Waals surface area contributed by atoms with Crippen LogP contribution in [0, 0.1) is 6.92 Å². The number of rotatable bonds is 6. The lowest BCUT2D eigenvalue weighted by molar-refractivity contribution is 0.332. The van der Waals surface area contributed by atoms with Gasteiger partial charge in [0.25, 0.3) is 0 Å². The Bertz CT molecular complexity index is 1970. The van der Waals surface area contributed by atoms with Gasteiger partial charge >= 0.3 is 0 Å². The quantitative estimate of drug-likeness (QED) is 0.170. The lowest BCUT2D eigenvalue weighted by atomic mass is 9.63. The van der Waals surface area contributed by atoms with E-state index >= 15 is 0 Å². The van der Waals surface area contributed by atoms with Crippen LogP contribution < -0.4 is 9.80 Å². The van der Waals surface area contributed by atoms with E-state index in [1.54, 1.807) is 0 Å². The van der Waals surface area contributed by atoms with Gasteiger partial charge in [-0.1, -0.05) is 111 Å². The van der Waals surface area contributed by atoms with Crippen molar-refractivity contribution in [1.82, 2.24) is 0 Å². The predicted octanol–water partition coefficient (Wildman–Crippen LogP) is 15.3. The fourth-order valence-corrected chi connectivity index (χ4v) is 8.15. The van der Waals surface area contributed by atoms with Crippen LogP contribution in [0.4, 0.5) is 34.1 Å². The number of nitrogens with zero attached hydrogens (tertiary/aromatic N) is 2. The van der Waals surface area contributed by atoms with Crippen molar-refractivity contribution in [2.75, 3.05) is 9.80 Å². The maximum Gasteiger partial charge on any atom is 0.0657 e. The number of anilines is 6. The molecule has 0 atom stereocenters. The number of hydrogen-bond donors (Lipinski definition) is 0. The number of fused-ring (bicyclic) bond motifs is 1. The Hall–Kier alpha value is -3.53. The first-order valence-electron chi connectivity index (χ1n) is 18.3. The molecule has 0 N–H and O–H groups in total. The lowest BCUT2D eigenvalue weighted by Gasteiger charge is -2.42. The van der Waals surface area contributed by atoms with E-state index in [-0.39, 0.29) is 21.7 Å². The Morgan fingerprint density at radius 3 is 1.33 bits per heavy atom. The van der Waals surface area contributed by atoms with Gasteiger partial charge in [0, 0.05) is 27.8 Å². The average Bonchev–Trinajstić information content (AvgIpc) is 3.06. The van der Waals surface area contributed by atoms with Crippen molar-refractivity contribution in [3.05, 3.63) is 140 Å². The van der Waals surface area contributed by atoms with Gasteiger partial charge in [0.2, 0.25) is 0 Å². The molecule has 0 aromatic heterocycles. The standard InChI is InChI=1S/C47H54BrClN2/c1-31-28-41(50(35-18-12-32(13-19-35)44(2,3)4)36-20-14-33(15-21-36)45(5,6)7)43(48)42(29-31)51(37-22-16-34(49)17-23-37)38-24-25-39-40(30-38)47(10,11)27-26-46(39,8)9/h12-25,28-30H,26-27H2,1-11H3. The van der Waals surface area contributed by atoms with Gasteiger partial charge in [0.05, 0.1) is 15.8 Å². The summed E-state index contributed by atoms with van der Waals surface area (Å²) in [4.78, 5) is 4.77. The number of hydrogen-bond acceptors (Lipinski definition) is 2. The number of benzene rings is 5. The molecule has 1 aliphatic rings. The van der Waals surface area contributed by atoms with Crippen LogP contribution in [0.5, 0.6) is 0 Å². The first kappa shape index (κ1) is 37.2. The van der Waals surface area contributed by atoms with Gasteiger partial charge in [-0.15, -0.1) is 0 Å². The van der Waals surface area contributed by atoms with E-state index in [1.807, 2.05) is 12.1 Å². The second-order valence-electron chi connectivity index (χ2n) is 17.9. The molecule has 0 spiro atoms. The molecule has 6 rings (SSSR count). The monoisotopic (exact) mass is 760 g/mol. The van der Waals surface area contributed by atoms with E-state index in [2.05, 4.69) is 193 Å². The molecule has 0 saturated heterocycles. The molecule has 5 aromatic carbocycles. The summed E-state index contributed by atoms with van der Waals surface area (Å²) < 4.78 is 1.01. The summed E-state index contributed by atoms with van der Waals surface area (Å²) in [5.74, 6) is 0. The normalized spacial score (nSPS) is 15.3. The summed E-state index contributed by atoms with van der Waals surface area (Å²) in [6.07, 6.45) is 2.34. The minimum Gasteiger partial charge on any atom is -0.309 e. The SMILES string of the molecule is Cc1cc(N(c2ccc(C(C)(C)C)cc2)c2ccc(C(C)(C)C)cc2)c(Br)c(N(c2ccc(Cl)cc2)c2ccc3c(c2)C(C)(C)CCC3(C)C)c1. The van der Waals surface area contributed by atoms with Crippen molar-refractivity contribution in [2.24, 2.45) is 0 Å².